The monoisotopic (exact) mass is 547 g/mol. The van der Waals surface area contributed by atoms with Crippen molar-refractivity contribution in [2.45, 2.75) is 19.9 Å². The van der Waals surface area contributed by atoms with Gasteiger partial charge in [0.15, 0.2) is 0 Å². The molecule has 0 radical (unpaired) electrons. The van der Waals surface area contributed by atoms with Crippen LogP contribution in [0.4, 0.5) is 15.8 Å². The van der Waals surface area contributed by atoms with Gasteiger partial charge in [0.05, 0.1) is 16.9 Å². The highest BCUT2D eigenvalue weighted by Crippen LogP contribution is 2.36. The van der Waals surface area contributed by atoms with E-state index in [1.165, 1.54) is 0 Å². The number of H-pyrrole nitrogens is 2. The van der Waals surface area contributed by atoms with Crippen molar-refractivity contribution in [3.8, 4) is 33.6 Å². The van der Waals surface area contributed by atoms with Gasteiger partial charge >= 0.3 is 0 Å². The van der Waals surface area contributed by atoms with Crippen LogP contribution < -0.4 is 10.6 Å². The van der Waals surface area contributed by atoms with E-state index in [1.807, 2.05) is 50.8 Å². The Morgan fingerprint density at radius 2 is 1.71 bits per heavy atom. The lowest BCUT2D eigenvalue weighted by molar-refractivity contribution is 0.425. The Kier molecular flexibility index (Phi) is 7.15. The summed E-state index contributed by atoms with van der Waals surface area (Å²) in [7, 11) is 4.04. The van der Waals surface area contributed by atoms with Gasteiger partial charge in [-0.3, -0.25) is 10.1 Å². The molecule has 3 aromatic carbocycles. The number of pyridine rings is 1. The van der Waals surface area contributed by atoms with Crippen LogP contribution in [0.5, 0.6) is 0 Å². The minimum atomic E-state index is -0.268. The van der Waals surface area contributed by atoms with Gasteiger partial charge in [-0.2, -0.15) is 5.10 Å². The van der Waals surface area contributed by atoms with E-state index < -0.39 is 0 Å². The summed E-state index contributed by atoms with van der Waals surface area (Å²) in [5, 5.41) is 16.6. The quantitative estimate of drug-likeness (QED) is 0.152. The Bertz CT molecular complexity index is 1830. The molecule has 3 heterocycles. The molecule has 0 aliphatic rings. The van der Waals surface area contributed by atoms with Gasteiger partial charge in [-0.1, -0.05) is 18.2 Å². The van der Waals surface area contributed by atoms with Crippen molar-refractivity contribution in [3.05, 3.63) is 84.9 Å². The van der Waals surface area contributed by atoms with Gasteiger partial charge in [-0.15, -0.1) is 0 Å². The third kappa shape index (κ3) is 5.64. The highest BCUT2D eigenvalue weighted by atomic mass is 19.1. The maximum Gasteiger partial charge on any atom is 0.125 e. The molecular weight excluding hydrogens is 513 g/mol. The number of hydrogen-bond acceptors (Lipinski definition) is 5. The lowest BCUT2D eigenvalue weighted by atomic mass is 10.0. The highest BCUT2D eigenvalue weighted by Gasteiger charge is 2.15. The number of nitrogens with zero attached hydrogens (tertiary/aromatic N) is 3. The number of aromatic nitrogens is 4. The van der Waals surface area contributed by atoms with E-state index in [0.717, 1.165) is 79.9 Å². The summed E-state index contributed by atoms with van der Waals surface area (Å²) in [6.45, 7) is 5.81. The molecule has 0 spiro atoms. The first-order valence-corrected chi connectivity index (χ1v) is 13.9. The Morgan fingerprint density at radius 1 is 0.854 bits per heavy atom. The summed E-state index contributed by atoms with van der Waals surface area (Å²) in [6, 6.07) is 22.0. The molecule has 0 atom stereocenters. The van der Waals surface area contributed by atoms with Crippen LogP contribution in [0.25, 0.3) is 55.4 Å². The Hall–Kier alpha value is -4.69. The number of fused-ring (bicyclic) bond motifs is 2. The van der Waals surface area contributed by atoms with Gasteiger partial charge in [0, 0.05) is 59.1 Å². The SMILES string of the molecule is CC(C)Nc1cncc(-c2ccc3[nH]nc(-c4cc5c(-c6cc(F)cc(NCCN(C)C)c6)cccc5[nH]4)c3c2)c1. The van der Waals surface area contributed by atoms with Crippen molar-refractivity contribution >= 4 is 33.2 Å². The van der Waals surface area contributed by atoms with Gasteiger partial charge in [0.2, 0.25) is 0 Å². The first-order valence-electron chi connectivity index (χ1n) is 13.9. The summed E-state index contributed by atoms with van der Waals surface area (Å²) >= 11 is 0. The molecule has 0 aliphatic heterocycles. The van der Waals surface area contributed by atoms with Crippen LogP contribution in [0.1, 0.15) is 13.8 Å². The second-order valence-electron chi connectivity index (χ2n) is 11.0. The molecule has 3 aromatic heterocycles. The number of hydrogen-bond donors (Lipinski definition) is 4. The van der Waals surface area contributed by atoms with Gasteiger partial charge < -0.3 is 20.5 Å². The normalized spacial score (nSPS) is 11.7. The number of nitrogens with one attached hydrogen (secondary N) is 4. The third-order valence-corrected chi connectivity index (χ3v) is 7.11. The highest BCUT2D eigenvalue weighted by molar-refractivity contribution is 6.02. The lowest BCUT2D eigenvalue weighted by Gasteiger charge is -2.13. The van der Waals surface area contributed by atoms with E-state index in [0.29, 0.717) is 6.04 Å². The number of anilines is 2. The van der Waals surface area contributed by atoms with Crippen LogP contribution in [0.15, 0.2) is 79.1 Å². The molecule has 41 heavy (non-hydrogen) atoms. The molecule has 6 aromatic rings. The molecule has 0 saturated carbocycles. The summed E-state index contributed by atoms with van der Waals surface area (Å²) in [5.74, 6) is -0.268. The summed E-state index contributed by atoms with van der Waals surface area (Å²) < 4.78 is 14.7. The van der Waals surface area contributed by atoms with Crippen molar-refractivity contribution in [1.82, 2.24) is 25.1 Å². The maximum absolute atomic E-state index is 14.7. The van der Waals surface area contributed by atoms with Crippen LogP contribution in [-0.2, 0) is 0 Å². The third-order valence-electron chi connectivity index (χ3n) is 7.11. The van der Waals surface area contributed by atoms with Crippen LogP contribution in [0.3, 0.4) is 0 Å². The van der Waals surface area contributed by atoms with E-state index >= 15 is 0 Å². The molecule has 6 rings (SSSR count). The summed E-state index contributed by atoms with van der Waals surface area (Å²) in [4.78, 5) is 10.1. The fourth-order valence-corrected chi connectivity index (χ4v) is 5.21. The summed E-state index contributed by atoms with van der Waals surface area (Å²) in [6.07, 6.45) is 3.72. The predicted octanol–water partition coefficient (Wildman–Crippen LogP) is 7.37. The van der Waals surface area contributed by atoms with E-state index in [9.17, 15) is 4.39 Å². The zero-order valence-corrected chi connectivity index (χ0v) is 23.7. The van der Waals surface area contributed by atoms with E-state index in [1.54, 1.807) is 12.1 Å². The second kappa shape index (κ2) is 11.1. The number of aromatic amines is 2. The van der Waals surface area contributed by atoms with Gasteiger partial charge in [0.25, 0.3) is 0 Å². The van der Waals surface area contributed by atoms with Crippen molar-refractivity contribution in [2.24, 2.45) is 0 Å². The minimum Gasteiger partial charge on any atom is -0.384 e. The molecule has 0 fully saturated rings. The van der Waals surface area contributed by atoms with E-state index in [-0.39, 0.29) is 5.82 Å². The van der Waals surface area contributed by atoms with Crippen molar-refractivity contribution in [2.75, 3.05) is 37.8 Å². The zero-order valence-electron chi connectivity index (χ0n) is 23.7. The fraction of sp³-hybridized carbons (Fsp3) is 0.212. The average Bonchev–Trinajstić information content (AvgIpc) is 3.56. The lowest BCUT2D eigenvalue weighted by Crippen LogP contribution is -2.20. The molecule has 0 amide bonds. The van der Waals surface area contributed by atoms with Crippen molar-refractivity contribution in [1.29, 1.82) is 0 Å². The predicted molar refractivity (Wildman–Crippen MR) is 168 cm³/mol. The van der Waals surface area contributed by atoms with Gasteiger partial charge in [-0.25, -0.2) is 4.39 Å². The van der Waals surface area contributed by atoms with Crippen molar-refractivity contribution < 1.29 is 4.39 Å². The van der Waals surface area contributed by atoms with Crippen LogP contribution in [0, 0.1) is 5.82 Å². The number of likely N-dealkylation sites (N-methyl/N-ethyl adjacent to an activating group) is 1. The first kappa shape index (κ1) is 26.5. The topological polar surface area (TPSA) is 84.7 Å². The standard InChI is InChI=1S/C33H34FN7/c1-20(2)37-26-14-23(18-35-19-26)21-8-9-31-29(15-21)33(40-39-31)32-17-28-27(6-5-7-30(28)38-32)22-12-24(34)16-25(13-22)36-10-11-41(3)4/h5-9,12-20,36-38H,10-11H2,1-4H3,(H,39,40). The van der Waals surface area contributed by atoms with Crippen LogP contribution in [0.2, 0.25) is 0 Å². The largest absolute Gasteiger partial charge is 0.384 e. The minimum absolute atomic E-state index is 0.268. The molecular formula is C33H34FN7. The number of halogens is 1. The first-order chi connectivity index (χ1) is 19.8. The average molecular weight is 548 g/mol. The van der Waals surface area contributed by atoms with Gasteiger partial charge in [-0.05, 0) is 93.2 Å². The van der Waals surface area contributed by atoms with Crippen LogP contribution >= 0.6 is 0 Å². The summed E-state index contributed by atoms with van der Waals surface area (Å²) in [5.41, 5.74) is 9.27. The molecule has 4 N–H and O–H groups in total. The molecule has 0 bridgehead atoms. The zero-order chi connectivity index (χ0) is 28.5. The molecule has 7 nitrogen and oxygen atoms in total. The number of rotatable bonds is 9. The van der Waals surface area contributed by atoms with Crippen LogP contribution in [-0.4, -0.2) is 58.3 Å². The number of benzene rings is 3. The van der Waals surface area contributed by atoms with E-state index in [4.69, 9.17) is 0 Å². The molecule has 0 saturated heterocycles. The van der Waals surface area contributed by atoms with Crippen molar-refractivity contribution in [3.63, 3.8) is 0 Å². The Balaban J connectivity index is 1.37. The smallest absolute Gasteiger partial charge is 0.125 e. The molecule has 208 valence electrons. The fourth-order valence-electron chi connectivity index (χ4n) is 5.21. The maximum atomic E-state index is 14.7. The molecule has 0 unspecified atom stereocenters. The van der Waals surface area contributed by atoms with Gasteiger partial charge in [0.1, 0.15) is 11.5 Å². The van der Waals surface area contributed by atoms with E-state index in [2.05, 4.69) is 79.9 Å². The Morgan fingerprint density at radius 3 is 2.54 bits per heavy atom. The molecule has 0 aliphatic carbocycles. The second-order valence-corrected chi connectivity index (χ2v) is 11.0. The Labute approximate surface area is 238 Å². The molecule has 8 heteroatoms.